The van der Waals surface area contributed by atoms with Crippen molar-refractivity contribution in [2.75, 3.05) is 6.61 Å². The van der Waals surface area contributed by atoms with Crippen LogP contribution in [0.15, 0.2) is 0 Å². The van der Waals surface area contributed by atoms with Crippen LogP contribution in [0.1, 0.15) is 41.0 Å². The van der Waals surface area contributed by atoms with Crippen molar-refractivity contribution in [2.45, 2.75) is 57.4 Å². The summed E-state index contributed by atoms with van der Waals surface area (Å²) in [6.07, 6.45) is 0.949. The Balaban J connectivity index is 2.66. The van der Waals surface area contributed by atoms with Crippen molar-refractivity contribution in [2.24, 2.45) is 0 Å². The van der Waals surface area contributed by atoms with E-state index in [-0.39, 0.29) is 6.10 Å². The molecule has 4 nitrogen and oxygen atoms in total. The maximum atomic E-state index is 11.9. The molecule has 1 N–H and O–H groups in total. The van der Waals surface area contributed by atoms with Crippen LogP contribution < -0.4 is 4.72 Å². The zero-order valence-electron chi connectivity index (χ0n) is 10.1. The van der Waals surface area contributed by atoms with E-state index in [0.717, 1.165) is 13.0 Å². The molecule has 1 atom stereocenters. The first-order valence-corrected chi connectivity index (χ1v) is 6.67. The van der Waals surface area contributed by atoms with Gasteiger partial charge < -0.3 is 4.74 Å². The molecule has 1 aliphatic heterocycles. The molecular weight excluding hydrogens is 214 g/mol. The summed E-state index contributed by atoms with van der Waals surface area (Å²) in [6.45, 7) is 9.60. The van der Waals surface area contributed by atoms with Crippen molar-refractivity contribution >= 4 is 10.0 Å². The molecule has 1 rings (SSSR count). The second kappa shape index (κ2) is 3.71. The van der Waals surface area contributed by atoms with Gasteiger partial charge >= 0.3 is 0 Å². The first kappa shape index (κ1) is 12.9. The number of sulfonamides is 1. The van der Waals surface area contributed by atoms with Crippen LogP contribution in [0.2, 0.25) is 0 Å². The topological polar surface area (TPSA) is 58.7 Å². The van der Waals surface area contributed by atoms with Gasteiger partial charge in [-0.05, 0) is 41.0 Å². The number of hydrogen-bond acceptors (Lipinski definition) is 3. The van der Waals surface area contributed by atoms with E-state index < -0.39 is 20.3 Å². The minimum absolute atomic E-state index is 0.225. The van der Waals surface area contributed by atoms with Crippen LogP contribution in [-0.4, -0.2) is 31.4 Å². The molecule has 0 aromatic rings. The average Bonchev–Trinajstić information content (AvgIpc) is 2.64. The average molecular weight is 235 g/mol. The Morgan fingerprint density at radius 3 is 2.07 bits per heavy atom. The number of ether oxygens (including phenoxy) is 1. The van der Waals surface area contributed by atoms with Crippen LogP contribution in [0.5, 0.6) is 0 Å². The highest BCUT2D eigenvalue weighted by Gasteiger charge is 2.38. The lowest BCUT2D eigenvalue weighted by molar-refractivity contribution is 0.328. The van der Waals surface area contributed by atoms with Gasteiger partial charge in [-0.2, -0.15) is 0 Å². The third-order valence-corrected chi connectivity index (χ3v) is 4.79. The molecule has 1 saturated heterocycles. The van der Waals surface area contributed by atoms with Gasteiger partial charge in [-0.3, -0.25) is 0 Å². The molecule has 1 heterocycles. The third-order valence-electron chi connectivity index (χ3n) is 2.36. The fraction of sp³-hybridized carbons (Fsp3) is 1.00. The zero-order valence-corrected chi connectivity index (χ0v) is 10.9. The second-order valence-corrected chi connectivity index (χ2v) is 8.20. The largest absolute Gasteiger partial charge is 0.373 e. The van der Waals surface area contributed by atoms with Gasteiger partial charge in [-0.15, -0.1) is 0 Å². The number of epoxide rings is 1. The Morgan fingerprint density at radius 2 is 1.73 bits per heavy atom. The molecule has 0 unspecified atom stereocenters. The van der Waals surface area contributed by atoms with Gasteiger partial charge in [0.2, 0.25) is 10.0 Å². The Hall–Kier alpha value is -0.130. The number of nitrogens with one attached hydrogen (secondary N) is 1. The van der Waals surface area contributed by atoms with E-state index in [1.165, 1.54) is 0 Å². The Kier molecular flexibility index (Phi) is 3.20. The molecule has 0 aromatic heterocycles. The number of rotatable bonds is 4. The third kappa shape index (κ3) is 3.74. The highest BCUT2D eigenvalue weighted by molar-refractivity contribution is 7.90. The van der Waals surface area contributed by atoms with Crippen LogP contribution >= 0.6 is 0 Å². The van der Waals surface area contributed by atoms with Crippen LogP contribution in [0.25, 0.3) is 0 Å². The first-order valence-electron chi connectivity index (χ1n) is 5.19. The van der Waals surface area contributed by atoms with Crippen molar-refractivity contribution in [1.29, 1.82) is 0 Å². The van der Waals surface area contributed by atoms with Gasteiger partial charge in [0, 0.05) is 5.54 Å². The van der Waals surface area contributed by atoms with E-state index in [1.807, 2.05) is 13.8 Å². The van der Waals surface area contributed by atoms with Crippen LogP contribution in [0.3, 0.4) is 0 Å². The Morgan fingerprint density at radius 1 is 1.27 bits per heavy atom. The Bertz CT molecular complexity index is 323. The summed E-state index contributed by atoms with van der Waals surface area (Å²) >= 11 is 0. The molecular formula is C10H21NO3S. The summed E-state index contributed by atoms with van der Waals surface area (Å²) in [5, 5.41) is 0. The molecule has 1 aliphatic rings. The molecule has 0 aliphatic carbocycles. The second-order valence-electron chi connectivity index (χ2n) is 5.76. The summed E-state index contributed by atoms with van der Waals surface area (Å²) in [6, 6.07) is 0. The molecule has 15 heavy (non-hydrogen) atoms. The van der Waals surface area contributed by atoms with Gasteiger partial charge in [0.15, 0.2) is 0 Å². The molecule has 0 saturated carbocycles. The van der Waals surface area contributed by atoms with Crippen LogP contribution in [0.4, 0.5) is 0 Å². The summed E-state index contributed by atoms with van der Waals surface area (Å²) in [4.78, 5) is 0. The van der Waals surface area contributed by atoms with E-state index in [1.54, 1.807) is 20.8 Å². The summed E-state index contributed by atoms with van der Waals surface area (Å²) < 4.78 is 30.9. The molecule has 1 fully saturated rings. The minimum atomic E-state index is -3.28. The van der Waals surface area contributed by atoms with Gasteiger partial charge in [-0.1, -0.05) is 0 Å². The normalized spacial score (nSPS) is 22.9. The van der Waals surface area contributed by atoms with Crippen molar-refractivity contribution in [3.8, 4) is 0 Å². The van der Waals surface area contributed by atoms with Crippen molar-refractivity contribution in [3.63, 3.8) is 0 Å². The summed E-state index contributed by atoms with van der Waals surface area (Å²) in [7, 11) is -3.28. The highest BCUT2D eigenvalue weighted by atomic mass is 32.2. The quantitative estimate of drug-likeness (QED) is 0.747. The molecule has 90 valence electrons. The standard InChI is InChI=1S/C10H21NO3S/c1-9(2,3)15(12,13)11-10(4,5)6-8-7-14-8/h8,11H,6-7H2,1-5H3/t8-/m0/s1. The van der Waals surface area contributed by atoms with E-state index in [9.17, 15) is 8.42 Å². The van der Waals surface area contributed by atoms with Crippen LogP contribution in [-0.2, 0) is 14.8 Å². The molecule has 0 bridgehead atoms. The molecule has 0 aromatic carbocycles. The molecule has 0 spiro atoms. The summed E-state index contributed by atoms with van der Waals surface area (Å²) in [5.41, 5.74) is -0.437. The lowest BCUT2D eigenvalue weighted by Gasteiger charge is -2.30. The fourth-order valence-corrected chi connectivity index (χ4v) is 2.43. The molecule has 0 amide bonds. The highest BCUT2D eigenvalue weighted by Crippen LogP contribution is 2.25. The minimum Gasteiger partial charge on any atom is -0.373 e. The van der Waals surface area contributed by atoms with Crippen molar-refractivity contribution in [3.05, 3.63) is 0 Å². The Labute approximate surface area is 92.4 Å². The summed E-state index contributed by atoms with van der Waals surface area (Å²) in [5.74, 6) is 0. The SMILES string of the molecule is CC(C)(C[C@H]1CO1)NS(=O)(=O)C(C)(C)C. The fourth-order valence-electron chi connectivity index (χ4n) is 1.31. The van der Waals surface area contributed by atoms with Gasteiger partial charge in [0.1, 0.15) is 0 Å². The molecule has 5 heteroatoms. The zero-order chi connectivity index (χ0) is 11.9. The maximum Gasteiger partial charge on any atom is 0.217 e. The van der Waals surface area contributed by atoms with Gasteiger partial charge in [-0.25, -0.2) is 13.1 Å². The van der Waals surface area contributed by atoms with Gasteiger partial charge in [0.05, 0.1) is 17.5 Å². The van der Waals surface area contributed by atoms with Gasteiger partial charge in [0.25, 0.3) is 0 Å². The van der Waals surface area contributed by atoms with E-state index >= 15 is 0 Å². The van der Waals surface area contributed by atoms with Crippen LogP contribution in [0, 0.1) is 0 Å². The molecule has 0 radical (unpaired) electrons. The lowest BCUT2D eigenvalue weighted by Crippen LogP contribution is -2.50. The van der Waals surface area contributed by atoms with E-state index in [0.29, 0.717) is 0 Å². The smallest absolute Gasteiger partial charge is 0.217 e. The predicted octanol–water partition coefficient (Wildman–Crippen LogP) is 1.27. The van der Waals surface area contributed by atoms with E-state index in [2.05, 4.69) is 4.72 Å². The first-order chi connectivity index (χ1) is 6.54. The van der Waals surface area contributed by atoms with E-state index in [4.69, 9.17) is 4.74 Å². The predicted molar refractivity (Wildman–Crippen MR) is 60.2 cm³/mol. The lowest BCUT2D eigenvalue weighted by atomic mass is 10.0. The van der Waals surface area contributed by atoms with Crippen molar-refractivity contribution < 1.29 is 13.2 Å². The van der Waals surface area contributed by atoms with Crippen molar-refractivity contribution in [1.82, 2.24) is 4.72 Å². The maximum absolute atomic E-state index is 11.9. The number of hydrogen-bond donors (Lipinski definition) is 1. The monoisotopic (exact) mass is 235 g/mol.